The molecule has 1 rings (SSSR count). The Bertz CT molecular complexity index is 387. The third-order valence-electron chi connectivity index (χ3n) is 2.01. The molecule has 0 aliphatic carbocycles. The first-order chi connectivity index (χ1) is 7.52. The van der Waals surface area contributed by atoms with Gasteiger partial charge in [0.05, 0.1) is 5.56 Å². The van der Waals surface area contributed by atoms with Gasteiger partial charge in [0.1, 0.15) is 11.0 Å². The summed E-state index contributed by atoms with van der Waals surface area (Å²) < 4.78 is 0. The summed E-state index contributed by atoms with van der Waals surface area (Å²) >= 11 is 7.44. The van der Waals surface area contributed by atoms with Crippen LogP contribution in [0.5, 0.6) is 0 Å². The number of nitrogens with zero attached hydrogens (tertiary/aromatic N) is 1. The monoisotopic (exact) mass is 260 g/mol. The van der Waals surface area contributed by atoms with E-state index >= 15 is 0 Å². The summed E-state index contributed by atoms with van der Waals surface area (Å²) in [4.78, 5) is 14.8. The van der Waals surface area contributed by atoms with Crippen LogP contribution in [0.1, 0.15) is 17.3 Å². The molecule has 4 nitrogen and oxygen atoms in total. The maximum atomic E-state index is 10.8. The van der Waals surface area contributed by atoms with Crippen LogP contribution < -0.4 is 5.32 Å². The van der Waals surface area contributed by atoms with E-state index in [2.05, 4.69) is 17.2 Å². The molecule has 0 spiro atoms. The summed E-state index contributed by atoms with van der Waals surface area (Å²) in [6, 6.07) is 2.80. The summed E-state index contributed by atoms with van der Waals surface area (Å²) in [5, 5.41) is 12.5. The van der Waals surface area contributed by atoms with Crippen molar-refractivity contribution < 1.29 is 9.90 Å². The number of thioether (sulfide) groups is 1. The molecule has 0 amide bonds. The van der Waals surface area contributed by atoms with Crippen molar-refractivity contribution in [2.24, 2.45) is 0 Å². The number of carbonyl (C=O) groups is 1. The van der Waals surface area contributed by atoms with Gasteiger partial charge in [0.15, 0.2) is 0 Å². The summed E-state index contributed by atoms with van der Waals surface area (Å²) in [6.07, 6.45) is 2.01. The zero-order valence-corrected chi connectivity index (χ0v) is 10.6. The van der Waals surface area contributed by atoms with Gasteiger partial charge in [0, 0.05) is 11.8 Å². The second-order valence-corrected chi connectivity index (χ2v) is 4.96. The number of pyridine rings is 1. The summed E-state index contributed by atoms with van der Waals surface area (Å²) in [7, 11) is 0. The van der Waals surface area contributed by atoms with Crippen LogP contribution in [-0.4, -0.2) is 34.1 Å². The zero-order chi connectivity index (χ0) is 12.1. The van der Waals surface area contributed by atoms with Gasteiger partial charge in [-0.3, -0.25) is 0 Å². The van der Waals surface area contributed by atoms with Gasteiger partial charge >= 0.3 is 5.97 Å². The molecule has 1 unspecified atom stereocenters. The van der Waals surface area contributed by atoms with Crippen molar-refractivity contribution >= 4 is 35.1 Å². The fourth-order valence-corrected chi connectivity index (χ4v) is 1.50. The molecule has 0 bridgehead atoms. The topological polar surface area (TPSA) is 62.2 Å². The highest BCUT2D eigenvalue weighted by Crippen LogP contribution is 2.15. The van der Waals surface area contributed by atoms with Crippen LogP contribution in [0, 0.1) is 0 Å². The van der Waals surface area contributed by atoms with Crippen molar-refractivity contribution in [3.63, 3.8) is 0 Å². The highest BCUT2D eigenvalue weighted by molar-refractivity contribution is 7.99. The minimum atomic E-state index is -1.01. The molecule has 0 saturated heterocycles. The number of carboxylic acid groups (broad SMARTS) is 1. The van der Waals surface area contributed by atoms with Gasteiger partial charge in [-0.2, -0.15) is 11.8 Å². The summed E-state index contributed by atoms with van der Waals surface area (Å²) in [5.41, 5.74) is 0.138. The molecule has 6 heteroatoms. The minimum Gasteiger partial charge on any atom is -0.478 e. The Morgan fingerprint density at radius 1 is 1.69 bits per heavy atom. The van der Waals surface area contributed by atoms with Crippen LogP contribution in [0.25, 0.3) is 0 Å². The SMILES string of the molecule is CSC(C)CNc1cc(C(=O)O)cc(Cl)n1. The van der Waals surface area contributed by atoms with Gasteiger partial charge in [0.2, 0.25) is 0 Å². The Balaban J connectivity index is 2.76. The van der Waals surface area contributed by atoms with Crippen LogP contribution in [0.15, 0.2) is 12.1 Å². The molecule has 1 aromatic heterocycles. The number of anilines is 1. The number of halogens is 1. The van der Waals surface area contributed by atoms with E-state index in [9.17, 15) is 4.79 Å². The largest absolute Gasteiger partial charge is 0.478 e. The van der Waals surface area contributed by atoms with Crippen molar-refractivity contribution in [1.29, 1.82) is 0 Å². The lowest BCUT2D eigenvalue weighted by Crippen LogP contribution is -2.14. The van der Waals surface area contributed by atoms with Gasteiger partial charge in [-0.05, 0) is 18.4 Å². The molecule has 1 aromatic rings. The van der Waals surface area contributed by atoms with E-state index in [4.69, 9.17) is 16.7 Å². The number of rotatable bonds is 5. The first-order valence-electron chi connectivity index (χ1n) is 4.70. The lowest BCUT2D eigenvalue weighted by molar-refractivity contribution is 0.0697. The standard InChI is InChI=1S/C10H13ClN2O2S/c1-6(16-2)5-12-9-4-7(10(14)15)3-8(11)13-9/h3-4,6H,5H2,1-2H3,(H,12,13)(H,14,15). The van der Waals surface area contributed by atoms with E-state index in [0.29, 0.717) is 17.6 Å². The molecule has 0 aliphatic rings. The van der Waals surface area contributed by atoms with Crippen LogP contribution in [-0.2, 0) is 0 Å². The molecule has 0 radical (unpaired) electrons. The third-order valence-corrected chi connectivity index (χ3v) is 3.18. The van der Waals surface area contributed by atoms with Crippen LogP contribution in [0.4, 0.5) is 5.82 Å². The highest BCUT2D eigenvalue weighted by atomic mass is 35.5. The second kappa shape index (κ2) is 5.96. The number of carboxylic acids is 1. The van der Waals surface area contributed by atoms with Gasteiger partial charge in [-0.15, -0.1) is 0 Å². The van der Waals surface area contributed by atoms with E-state index < -0.39 is 5.97 Å². The van der Waals surface area contributed by atoms with Crippen molar-refractivity contribution in [1.82, 2.24) is 4.98 Å². The predicted molar refractivity (Wildman–Crippen MR) is 67.7 cm³/mol. The number of aromatic carboxylic acids is 1. The molecule has 1 atom stereocenters. The van der Waals surface area contributed by atoms with E-state index in [1.807, 2.05) is 6.26 Å². The van der Waals surface area contributed by atoms with Crippen LogP contribution >= 0.6 is 23.4 Å². The Kier molecular flexibility index (Phi) is 4.89. The lowest BCUT2D eigenvalue weighted by atomic mass is 10.2. The van der Waals surface area contributed by atoms with Crippen LogP contribution in [0.2, 0.25) is 5.15 Å². The molecule has 88 valence electrons. The quantitative estimate of drug-likeness (QED) is 0.797. The Labute approximate surface area is 103 Å². The van der Waals surface area contributed by atoms with E-state index in [1.165, 1.54) is 12.1 Å². The van der Waals surface area contributed by atoms with E-state index in [-0.39, 0.29) is 10.7 Å². The Morgan fingerprint density at radius 3 is 2.94 bits per heavy atom. The first-order valence-corrected chi connectivity index (χ1v) is 6.37. The Morgan fingerprint density at radius 2 is 2.38 bits per heavy atom. The summed E-state index contributed by atoms with van der Waals surface area (Å²) in [6.45, 7) is 2.79. The van der Waals surface area contributed by atoms with Crippen molar-refractivity contribution in [2.45, 2.75) is 12.2 Å². The number of aromatic nitrogens is 1. The molecule has 16 heavy (non-hydrogen) atoms. The predicted octanol–water partition coefficient (Wildman–Crippen LogP) is 2.60. The van der Waals surface area contributed by atoms with Gasteiger partial charge in [-0.1, -0.05) is 18.5 Å². The molecule has 0 aliphatic heterocycles. The summed E-state index contributed by atoms with van der Waals surface area (Å²) in [5.74, 6) is -0.518. The van der Waals surface area contributed by atoms with Crippen LogP contribution in [0.3, 0.4) is 0 Å². The van der Waals surface area contributed by atoms with Gasteiger partial charge in [-0.25, -0.2) is 9.78 Å². The highest BCUT2D eigenvalue weighted by Gasteiger charge is 2.08. The first kappa shape index (κ1) is 13.1. The van der Waals surface area contributed by atoms with Gasteiger partial charge in [0.25, 0.3) is 0 Å². The molecular weight excluding hydrogens is 248 g/mol. The van der Waals surface area contributed by atoms with Crippen molar-refractivity contribution in [3.8, 4) is 0 Å². The number of hydrogen-bond acceptors (Lipinski definition) is 4. The number of hydrogen-bond donors (Lipinski definition) is 2. The number of nitrogens with one attached hydrogen (secondary N) is 1. The molecule has 1 heterocycles. The minimum absolute atomic E-state index is 0.138. The van der Waals surface area contributed by atoms with E-state index in [0.717, 1.165) is 0 Å². The van der Waals surface area contributed by atoms with Crippen molar-refractivity contribution in [3.05, 3.63) is 22.8 Å². The fourth-order valence-electron chi connectivity index (χ4n) is 1.04. The Hall–Kier alpha value is -0.940. The smallest absolute Gasteiger partial charge is 0.335 e. The molecular formula is C10H13ClN2O2S. The normalized spacial score (nSPS) is 12.2. The molecule has 0 aromatic carbocycles. The average Bonchev–Trinajstić information content (AvgIpc) is 2.25. The maximum Gasteiger partial charge on any atom is 0.335 e. The zero-order valence-electron chi connectivity index (χ0n) is 9.03. The molecule has 0 saturated carbocycles. The molecule has 2 N–H and O–H groups in total. The fraction of sp³-hybridized carbons (Fsp3) is 0.400. The van der Waals surface area contributed by atoms with E-state index in [1.54, 1.807) is 11.8 Å². The molecule has 0 fully saturated rings. The van der Waals surface area contributed by atoms with Crippen molar-refractivity contribution in [2.75, 3.05) is 18.1 Å². The lowest BCUT2D eigenvalue weighted by Gasteiger charge is -2.10. The third kappa shape index (κ3) is 3.90. The maximum absolute atomic E-state index is 10.8. The second-order valence-electron chi connectivity index (χ2n) is 3.30. The van der Waals surface area contributed by atoms with Gasteiger partial charge < -0.3 is 10.4 Å². The average molecular weight is 261 g/mol.